The molecule has 0 bridgehead atoms. The number of hydrogen-bond acceptors (Lipinski definition) is 3. The Bertz CT molecular complexity index is 273. The highest BCUT2D eigenvalue weighted by Crippen LogP contribution is 2.37. The van der Waals surface area contributed by atoms with Gasteiger partial charge in [0.25, 0.3) is 0 Å². The van der Waals surface area contributed by atoms with Crippen molar-refractivity contribution in [1.29, 1.82) is 0 Å². The van der Waals surface area contributed by atoms with Gasteiger partial charge in [-0.05, 0) is 38.5 Å². The van der Waals surface area contributed by atoms with Crippen LogP contribution in [0.4, 0.5) is 0 Å². The molecule has 3 aliphatic rings. The fourth-order valence-electron chi connectivity index (χ4n) is 3.45. The van der Waals surface area contributed by atoms with E-state index in [-0.39, 0.29) is 0 Å². The summed E-state index contributed by atoms with van der Waals surface area (Å²) in [5.41, 5.74) is 0.337. The van der Waals surface area contributed by atoms with E-state index >= 15 is 0 Å². The van der Waals surface area contributed by atoms with Crippen LogP contribution in [0.3, 0.4) is 0 Å². The van der Waals surface area contributed by atoms with Crippen LogP contribution >= 0.6 is 0 Å². The molecule has 0 aromatic carbocycles. The molecule has 0 spiro atoms. The highest BCUT2D eigenvalue weighted by Gasteiger charge is 2.44. The Morgan fingerprint density at radius 2 is 2.18 bits per heavy atom. The summed E-state index contributed by atoms with van der Waals surface area (Å²) in [6.07, 6.45) is 5.34. The second-order valence-corrected chi connectivity index (χ2v) is 6.35. The molecular formula is C14H26N2O. The normalized spacial score (nSPS) is 44.1. The Morgan fingerprint density at radius 3 is 2.76 bits per heavy atom. The Hall–Kier alpha value is -0.120. The summed E-state index contributed by atoms with van der Waals surface area (Å²) in [6.45, 7) is 9.04. The van der Waals surface area contributed by atoms with Crippen LogP contribution < -0.4 is 5.32 Å². The highest BCUT2D eigenvalue weighted by atomic mass is 16.5. The van der Waals surface area contributed by atoms with Gasteiger partial charge in [-0.25, -0.2) is 0 Å². The second kappa shape index (κ2) is 4.52. The van der Waals surface area contributed by atoms with Gasteiger partial charge in [-0.1, -0.05) is 6.92 Å². The Morgan fingerprint density at radius 1 is 1.35 bits per heavy atom. The van der Waals surface area contributed by atoms with Gasteiger partial charge in [-0.3, -0.25) is 4.90 Å². The van der Waals surface area contributed by atoms with Crippen LogP contribution in [0, 0.1) is 5.92 Å². The molecule has 0 amide bonds. The second-order valence-electron chi connectivity index (χ2n) is 6.35. The SMILES string of the molecule is CCC1(C)CNC(C2CC2)CN1C1CCOC1. The minimum atomic E-state index is 0.337. The number of nitrogens with zero attached hydrogens (tertiary/aromatic N) is 1. The first-order valence-electron chi connectivity index (χ1n) is 7.31. The predicted octanol–water partition coefficient (Wildman–Crippen LogP) is 1.63. The maximum Gasteiger partial charge on any atom is 0.0622 e. The number of rotatable bonds is 3. The number of ether oxygens (including phenoxy) is 1. The first-order chi connectivity index (χ1) is 8.23. The van der Waals surface area contributed by atoms with E-state index in [0.717, 1.165) is 31.7 Å². The molecule has 3 heteroatoms. The molecule has 0 aromatic rings. The van der Waals surface area contributed by atoms with Crippen molar-refractivity contribution in [2.75, 3.05) is 26.3 Å². The van der Waals surface area contributed by atoms with Crippen LogP contribution in [0.5, 0.6) is 0 Å². The average molecular weight is 238 g/mol. The fourth-order valence-corrected chi connectivity index (χ4v) is 3.45. The smallest absolute Gasteiger partial charge is 0.0622 e. The predicted molar refractivity (Wildman–Crippen MR) is 69.1 cm³/mol. The van der Waals surface area contributed by atoms with E-state index < -0.39 is 0 Å². The van der Waals surface area contributed by atoms with Gasteiger partial charge in [0.1, 0.15) is 0 Å². The topological polar surface area (TPSA) is 24.5 Å². The quantitative estimate of drug-likeness (QED) is 0.809. The lowest BCUT2D eigenvalue weighted by atomic mass is 9.89. The molecule has 3 rings (SSSR count). The van der Waals surface area contributed by atoms with Crippen molar-refractivity contribution >= 4 is 0 Å². The van der Waals surface area contributed by atoms with E-state index in [2.05, 4.69) is 24.1 Å². The summed E-state index contributed by atoms with van der Waals surface area (Å²) in [6, 6.07) is 1.42. The van der Waals surface area contributed by atoms with Gasteiger partial charge < -0.3 is 10.1 Å². The monoisotopic (exact) mass is 238 g/mol. The minimum absolute atomic E-state index is 0.337. The van der Waals surface area contributed by atoms with E-state index in [1.165, 1.54) is 32.2 Å². The first kappa shape index (κ1) is 11.9. The van der Waals surface area contributed by atoms with Crippen LogP contribution in [0.15, 0.2) is 0 Å². The highest BCUT2D eigenvalue weighted by molar-refractivity contribution is 5.02. The lowest BCUT2D eigenvalue weighted by Gasteiger charge is -2.50. The average Bonchev–Trinajstić information content (AvgIpc) is 3.05. The lowest BCUT2D eigenvalue weighted by molar-refractivity contribution is 0.00265. The van der Waals surface area contributed by atoms with Gasteiger partial charge >= 0.3 is 0 Å². The largest absolute Gasteiger partial charge is 0.380 e. The maximum absolute atomic E-state index is 5.60. The Balaban J connectivity index is 1.72. The number of piperazine rings is 1. The van der Waals surface area contributed by atoms with E-state index in [1.54, 1.807) is 0 Å². The summed E-state index contributed by atoms with van der Waals surface area (Å²) in [7, 11) is 0. The van der Waals surface area contributed by atoms with Crippen molar-refractivity contribution in [3.8, 4) is 0 Å². The van der Waals surface area contributed by atoms with Gasteiger partial charge in [-0.2, -0.15) is 0 Å². The Labute approximate surface area is 105 Å². The van der Waals surface area contributed by atoms with E-state index in [0.29, 0.717) is 11.6 Å². The molecular weight excluding hydrogens is 212 g/mol. The maximum atomic E-state index is 5.60. The zero-order valence-electron chi connectivity index (χ0n) is 11.2. The van der Waals surface area contributed by atoms with Crippen LogP contribution in [-0.2, 0) is 4.74 Å². The molecule has 17 heavy (non-hydrogen) atoms. The molecule has 1 aliphatic carbocycles. The molecule has 3 nitrogen and oxygen atoms in total. The van der Waals surface area contributed by atoms with Crippen molar-refractivity contribution in [2.45, 2.75) is 57.2 Å². The van der Waals surface area contributed by atoms with Gasteiger partial charge in [-0.15, -0.1) is 0 Å². The van der Waals surface area contributed by atoms with Crippen molar-refractivity contribution in [2.24, 2.45) is 5.92 Å². The summed E-state index contributed by atoms with van der Waals surface area (Å²) in [4.78, 5) is 2.76. The van der Waals surface area contributed by atoms with Gasteiger partial charge in [0.2, 0.25) is 0 Å². The van der Waals surface area contributed by atoms with Crippen molar-refractivity contribution in [3.05, 3.63) is 0 Å². The summed E-state index contributed by atoms with van der Waals surface area (Å²) >= 11 is 0. The van der Waals surface area contributed by atoms with Crippen molar-refractivity contribution < 1.29 is 4.74 Å². The molecule has 1 saturated carbocycles. The van der Waals surface area contributed by atoms with Crippen LogP contribution in [0.25, 0.3) is 0 Å². The van der Waals surface area contributed by atoms with E-state index in [9.17, 15) is 0 Å². The molecule has 1 N–H and O–H groups in total. The van der Waals surface area contributed by atoms with E-state index in [1.807, 2.05) is 0 Å². The third kappa shape index (κ3) is 2.25. The Kier molecular flexibility index (Phi) is 3.18. The lowest BCUT2D eigenvalue weighted by Crippen LogP contribution is -2.66. The standard InChI is InChI=1S/C14H26N2O/c1-3-14(2)10-15-13(11-4-5-11)8-16(14)12-6-7-17-9-12/h11-13,15H,3-10H2,1-2H3. The molecule has 3 atom stereocenters. The molecule has 98 valence electrons. The van der Waals surface area contributed by atoms with Crippen molar-refractivity contribution in [3.63, 3.8) is 0 Å². The zero-order chi connectivity index (χ0) is 11.9. The van der Waals surface area contributed by atoms with Crippen LogP contribution in [-0.4, -0.2) is 48.8 Å². The fraction of sp³-hybridized carbons (Fsp3) is 1.00. The van der Waals surface area contributed by atoms with Gasteiger partial charge in [0, 0.05) is 37.3 Å². The molecule has 0 aromatic heterocycles. The summed E-state index contributed by atoms with van der Waals surface area (Å²) < 4.78 is 5.60. The van der Waals surface area contributed by atoms with Crippen molar-refractivity contribution in [1.82, 2.24) is 10.2 Å². The molecule has 3 unspecified atom stereocenters. The zero-order valence-corrected chi connectivity index (χ0v) is 11.2. The summed E-state index contributed by atoms with van der Waals surface area (Å²) in [5, 5.41) is 3.79. The molecule has 2 heterocycles. The number of hydrogen-bond donors (Lipinski definition) is 1. The minimum Gasteiger partial charge on any atom is -0.380 e. The molecule has 3 fully saturated rings. The molecule has 0 radical (unpaired) electrons. The number of nitrogens with one attached hydrogen (secondary N) is 1. The van der Waals surface area contributed by atoms with Gasteiger partial charge in [0.05, 0.1) is 6.61 Å². The van der Waals surface area contributed by atoms with E-state index in [4.69, 9.17) is 4.74 Å². The van der Waals surface area contributed by atoms with Crippen LogP contribution in [0.1, 0.15) is 39.5 Å². The first-order valence-corrected chi connectivity index (χ1v) is 7.31. The molecule has 2 saturated heterocycles. The van der Waals surface area contributed by atoms with Gasteiger partial charge in [0.15, 0.2) is 0 Å². The van der Waals surface area contributed by atoms with Crippen LogP contribution in [0.2, 0.25) is 0 Å². The summed E-state index contributed by atoms with van der Waals surface area (Å²) in [5.74, 6) is 0.959. The third-order valence-electron chi connectivity index (χ3n) is 5.13. The molecule has 2 aliphatic heterocycles. The third-order valence-corrected chi connectivity index (χ3v) is 5.13.